The van der Waals surface area contributed by atoms with E-state index in [2.05, 4.69) is 0 Å². The van der Waals surface area contributed by atoms with Crippen LogP contribution in [0.25, 0.3) is 0 Å². The summed E-state index contributed by atoms with van der Waals surface area (Å²) >= 11 is 0. The van der Waals surface area contributed by atoms with E-state index in [-0.39, 0.29) is 0 Å². The molecule has 0 spiro atoms. The highest BCUT2D eigenvalue weighted by molar-refractivity contribution is 7.64. The summed E-state index contributed by atoms with van der Waals surface area (Å²) in [5, 5.41) is 0. The van der Waals surface area contributed by atoms with Gasteiger partial charge in [0, 0.05) is 18.5 Å². The fourth-order valence-electron chi connectivity index (χ4n) is 2.57. The Morgan fingerprint density at radius 2 is 1.31 bits per heavy atom. The first-order chi connectivity index (χ1) is 6.29. The largest absolute Gasteiger partial charge is 0.324 e. The molecule has 3 fully saturated rings. The average molecular weight is 218 g/mol. The SMILES string of the molecule is O=P12CCCCP(CCC1)CCC2. The molecule has 0 radical (unpaired) electrons. The molecule has 0 saturated carbocycles. The van der Waals surface area contributed by atoms with Crippen molar-refractivity contribution in [3.8, 4) is 0 Å². The molecule has 3 aliphatic rings. The van der Waals surface area contributed by atoms with Crippen molar-refractivity contribution in [1.29, 1.82) is 0 Å². The predicted octanol–water partition coefficient (Wildman–Crippen LogP) is 3.42. The zero-order valence-corrected chi connectivity index (χ0v) is 10.2. The van der Waals surface area contributed by atoms with Gasteiger partial charge in [0.05, 0.1) is 7.14 Å². The van der Waals surface area contributed by atoms with Crippen LogP contribution in [0.5, 0.6) is 0 Å². The monoisotopic (exact) mass is 218 g/mol. The molecule has 3 saturated heterocycles. The quantitative estimate of drug-likeness (QED) is 0.569. The second kappa shape index (κ2) is 4.45. The van der Waals surface area contributed by atoms with Gasteiger partial charge in [0.2, 0.25) is 0 Å². The lowest BCUT2D eigenvalue weighted by Crippen LogP contribution is -2.06. The minimum atomic E-state index is -1.66. The summed E-state index contributed by atoms with van der Waals surface area (Å²) in [6.07, 6.45) is 12.8. The van der Waals surface area contributed by atoms with E-state index in [4.69, 9.17) is 0 Å². The van der Waals surface area contributed by atoms with Gasteiger partial charge in [0.1, 0.15) is 0 Å². The van der Waals surface area contributed by atoms with Crippen LogP contribution in [0.4, 0.5) is 0 Å². The Bertz CT molecular complexity index is 193. The summed E-state index contributed by atoms with van der Waals surface area (Å²) in [6, 6.07) is 0. The van der Waals surface area contributed by atoms with Crippen LogP contribution in [0.1, 0.15) is 25.7 Å². The first-order valence-corrected chi connectivity index (χ1v) is 9.74. The third-order valence-electron chi connectivity index (χ3n) is 3.37. The molecular formula is C10H20OP2. The number of hydrogen-bond donors (Lipinski definition) is 0. The Hall–Kier alpha value is 0.660. The number of rotatable bonds is 0. The van der Waals surface area contributed by atoms with Crippen LogP contribution >= 0.6 is 15.1 Å². The van der Waals surface area contributed by atoms with Crippen LogP contribution in [0.2, 0.25) is 0 Å². The van der Waals surface area contributed by atoms with Crippen molar-refractivity contribution in [2.75, 3.05) is 37.0 Å². The number of hydrogen-bond acceptors (Lipinski definition) is 1. The second-order valence-corrected chi connectivity index (χ2v) is 10.6. The van der Waals surface area contributed by atoms with E-state index in [9.17, 15) is 4.57 Å². The van der Waals surface area contributed by atoms with Crippen molar-refractivity contribution < 1.29 is 4.57 Å². The summed E-state index contributed by atoms with van der Waals surface area (Å²) in [6.45, 7) is 0. The molecular weight excluding hydrogens is 198 g/mol. The van der Waals surface area contributed by atoms with E-state index < -0.39 is 7.14 Å². The highest BCUT2D eigenvalue weighted by Crippen LogP contribution is 2.54. The molecule has 1 nitrogen and oxygen atoms in total. The fraction of sp³-hybridized carbons (Fsp3) is 1.00. The Balaban J connectivity index is 2.10. The zero-order chi connectivity index (χ0) is 9.15. The van der Waals surface area contributed by atoms with Crippen LogP contribution in [-0.4, -0.2) is 37.0 Å². The molecule has 0 aliphatic carbocycles. The summed E-state index contributed by atoms with van der Waals surface area (Å²) in [5.41, 5.74) is 0. The van der Waals surface area contributed by atoms with Gasteiger partial charge in [-0.1, -0.05) is 0 Å². The lowest BCUT2D eigenvalue weighted by atomic mass is 10.4. The molecule has 0 aromatic heterocycles. The average Bonchev–Trinajstić information content (AvgIpc) is 2.20. The van der Waals surface area contributed by atoms with E-state index in [1.165, 1.54) is 44.2 Å². The molecule has 76 valence electrons. The van der Waals surface area contributed by atoms with Crippen LogP contribution in [-0.2, 0) is 4.57 Å². The maximum absolute atomic E-state index is 12.4. The molecule has 3 aliphatic heterocycles. The van der Waals surface area contributed by atoms with Gasteiger partial charge in [0.15, 0.2) is 0 Å². The number of fused-ring (bicyclic) bond motifs is 7. The van der Waals surface area contributed by atoms with Crippen LogP contribution in [0, 0.1) is 0 Å². The zero-order valence-electron chi connectivity index (χ0n) is 8.37. The lowest BCUT2D eigenvalue weighted by molar-refractivity contribution is 0.570. The minimum absolute atomic E-state index is 0.362. The molecule has 0 atom stereocenters. The van der Waals surface area contributed by atoms with Gasteiger partial charge in [-0.25, -0.2) is 0 Å². The Kier molecular flexibility index (Phi) is 3.49. The molecule has 0 aromatic rings. The summed E-state index contributed by atoms with van der Waals surface area (Å²) in [7, 11) is -1.30. The van der Waals surface area contributed by atoms with Crippen LogP contribution in [0.3, 0.4) is 0 Å². The molecule has 3 heteroatoms. The highest BCUT2D eigenvalue weighted by Gasteiger charge is 2.26. The topological polar surface area (TPSA) is 17.1 Å². The Morgan fingerprint density at radius 1 is 0.769 bits per heavy atom. The summed E-state index contributed by atoms with van der Waals surface area (Å²) in [5.74, 6) is 0. The molecule has 0 amide bonds. The minimum Gasteiger partial charge on any atom is -0.324 e. The van der Waals surface area contributed by atoms with Crippen molar-refractivity contribution in [1.82, 2.24) is 0 Å². The van der Waals surface area contributed by atoms with Crippen molar-refractivity contribution in [2.24, 2.45) is 0 Å². The van der Waals surface area contributed by atoms with Crippen molar-refractivity contribution >= 4 is 15.1 Å². The van der Waals surface area contributed by atoms with E-state index in [0.717, 1.165) is 18.5 Å². The van der Waals surface area contributed by atoms with Gasteiger partial charge in [0.25, 0.3) is 0 Å². The molecule has 0 N–H and O–H groups in total. The molecule has 0 aromatic carbocycles. The Labute approximate surface area is 82.8 Å². The summed E-state index contributed by atoms with van der Waals surface area (Å²) in [4.78, 5) is 0. The van der Waals surface area contributed by atoms with Crippen LogP contribution in [0.15, 0.2) is 0 Å². The van der Waals surface area contributed by atoms with Gasteiger partial charge >= 0.3 is 0 Å². The van der Waals surface area contributed by atoms with Crippen molar-refractivity contribution in [3.05, 3.63) is 0 Å². The second-order valence-electron chi connectivity index (χ2n) is 4.48. The molecule has 0 unspecified atom stereocenters. The fourth-order valence-corrected chi connectivity index (χ4v) is 8.56. The lowest BCUT2D eigenvalue weighted by Gasteiger charge is -2.22. The molecule has 3 rings (SSSR count). The van der Waals surface area contributed by atoms with Crippen LogP contribution < -0.4 is 0 Å². The van der Waals surface area contributed by atoms with E-state index in [1.54, 1.807) is 0 Å². The molecule has 3 heterocycles. The van der Waals surface area contributed by atoms with E-state index in [0.29, 0.717) is 7.92 Å². The maximum atomic E-state index is 12.4. The van der Waals surface area contributed by atoms with Crippen molar-refractivity contribution in [3.63, 3.8) is 0 Å². The van der Waals surface area contributed by atoms with Gasteiger partial charge in [-0.3, -0.25) is 0 Å². The molecule has 2 bridgehead atoms. The highest BCUT2D eigenvalue weighted by atomic mass is 31.2. The van der Waals surface area contributed by atoms with Gasteiger partial charge in [-0.05, 0) is 44.2 Å². The van der Waals surface area contributed by atoms with Crippen molar-refractivity contribution in [2.45, 2.75) is 25.7 Å². The molecule has 13 heavy (non-hydrogen) atoms. The van der Waals surface area contributed by atoms with E-state index >= 15 is 0 Å². The Morgan fingerprint density at radius 3 is 2.00 bits per heavy atom. The van der Waals surface area contributed by atoms with Gasteiger partial charge in [-0.15, -0.1) is 7.92 Å². The first-order valence-electron chi connectivity index (χ1n) is 5.58. The smallest absolute Gasteiger partial charge is 0.0877 e. The maximum Gasteiger partial charge on any atom is 0.0877 e. The normalized spacial score (nSPS) is 41.7. The first kappa shape index (κ1) is 10.2. The third kappa shape index (κ3) is 2.80. The van der Waals surface area contributed by atoms with Gasteiger partial charge < -0.3 is 4.57 Å². The third-order valence-corrected chi connectivity index (χ3v) is 9.61. The standard InChI is InChI=1S/C10H20OP2/c11-13-8-2-1-5-12(6-3-9-13)7-4-10-13/h1-10H2. The predicted molar refractivity (Wildman–Crippen MR) is 62.2 cm³/mol. The van der Waals surface area contributed by atoms with Gasteiger partial charge in [-0.2, -0.15) is 0 Å². The van der Waals surface area contributed by atoms with E-state index in [1.807, 2.05) is 0 Å². The summed E-state index contributed by atoms with van der Waals surface area (Å²) < 4.78 is 12.4.